The van der Waals surface area contributed by atoms with Gasteiger partial charge in [0.25, 0.3) is 0 Å². The van der Waals surface area contributed by atoms with Gasteiger partial charge in [-0.1, -0.05) is 13.3 Å². The maximum Gasteiger partial charge on any atom is 0.315 e. The fourth-order valence-electron chi connectivity index (χ4n) is 2.80. The number of carbonyl (C=O) groups is 1. The van der Waals surface area contributed by atoms with E-state index < -0.39 is 11.6 Å². The van der Waals surface area contributed by atoms with Crippen LogP contribution in [0.15, 0.2) is 18.2 Å². The zero-order valence-electron chi connectivity index (χ0n) is 13.1. The van der Waals surface area contributed by atoms with E-state index in [1.54, 1.807) is 0 Å². The molecule has 1 saturated carbocycles. The van der Waals surface area contributed by atoms with Crippen LogP contribution < -0.4 is 15.4 Å². The first-order valence-electron chi connectivity index (χ1n) is 7.68. The van der Waals surface area contributed by atoms with Crippen molar-refractivity contribution in [2.45, 2.75) is 32.2 Å². The van der Waals surface area contributed by atoms with E-state index in [4.69, 9.17) is 4.74 Å². The van der Waals surface area contributed by atoms with Gasteiger partial charge in [-0.25, -0.2) is 13.6 Å². The fourth-order valence-corrected chi connectivity index (χ4v) is 2.80. The molecule has 0 radical (unpaired) electrons. The summed E-state index contributed by atoms with van der Waals surface area (Å²) in [5.74, 6) is -1.51. The first-order valence-corrected chi connectivity index (χ1v) is 7.68. The number of halogens is 2. The van der Waals surface area contributed by atoms with E-state index in [2.05, 4.69) is 10.6 Å². The molecular weight excluding hydrogens is 306 g/mol. The smallest absolute Gasteiger partial charge is 0.315 e. The Morgan fingerprint density at radius 1 is 1.48 bits per heavy atom. The summed E-state index contributed by atoms with van der Waals surface area (Å²) in [5.41, 5.74) is -0.287. The summed E-state index contributed by atoms with van der Waals surface area (Å²) >= 11 is 0. The normalized spacial score (nSPS) is 23.6. The molecule has 0 heterocycles. The Morgan fingerprint density at radius 2 is 2.26 bits per heavy atom. The van der Waals surface area contributed by atoms with Gasteiger partial charge < -0.3 is 20.5 Å². The van der Waals surface area contributed by atoms with Gasteiger partial charge in [0.1, 0.15) is 12.4 Å². The molecule has 0 aliphatic heterocycles. The number of ether oxygens (including phenoxy) is 1. The highest BCUT2D eigenvalue weighted by molar-refractivity contribution is 5.74. The van der Waals surface area contributed by atoms with Gasteiger partial charge in [0.2, 0.25) is 0 Å². The molecule has 0 spiro atoms. The lowest BCUT2D eigenvalue weighted by Gasteiger charge is -2.30. The van der Waals surface area contributed by atoms with Gasteiger partial charge in [0, 0.05) is 17.5 Å². The second kappa shape index (κ2) is 7.59. The van der Waals surface area contributed by atoms with Gasteiger partial charge in [0.15, 0.2) is 11.6 Å². The summed E-state index contributed by atoms with van der Waals surface area (Å²) in [6, 6.07) is 2.64. The molecule has 5 nitrogen and oxygen atoms in total. The van der Waals surface area contributed by atoms with Crippen LogP contribution in [0.2, 0.25) is 0 Å². The van der Waals surface area contributed by atoms with Crippen molar-refractivity contribution in [1.29, 1.82) is 0 Å². The van der Waals surface area contributed by atoms with Crippen molar-refractivity contribution in [2.75, 3.05) is 19.8 Å². The van der Waals surface area contributed by atoms with E-state index in [1.807, 2.05) is 6.92 Å². The molecule has 7 heteroatoms. The first-order chi connectivity index (χ1) is 10.9. The quantitative estimate of drug-likeness (QED) is 0.701. The Hall–Kier alpha value is -1.89. The molecule has 0 aromatic heterocycles. The lowest BCUT2D eigenvalue weighted by Crippen LogP contribution is -2.49. The van der Waals surface area contributed by atoms with Crippen LogP contribution in [0.25, 0.3) is 0 Å². The predicted octanol–water partition coefficient (Wildman–Crippen LogP) is 2.19. The molecule has 0 bridgehead atoms. The molecule has 23 heavy (non-hydrogen) atoms. The minimum atomic E-state index is -0.779. The van der Waals surface area contributed by atoms with Gasteiger partial charge in [-0.2, -0.15) is 0 Å². The van der Waals surface area contributed by atoms with Crippen LogP contribution in [-0.4, -0.2) is 36.9 Å². The van der Waals surface area contributed by atoms with E-state index in [0.717, 1.165) is 31.4 Å². The van der Waals surface area contributed by atoms with Gasteiger partial charge in [0.05, 0.1) is 13.2 Å². The molecule has 2 amide bonds. The predicted molar refractivity (Wildman–Crippen MR) is 81.2 cm³/mol. The van der Waals surface area contributed by atoms with Gasteiger partial charge in [-0.15, -0.1) is 0 Å². The van der Waals surface area contributed by atoms with Crippen LogP contribution in [0.3, 0.4) is 0 Å². The average molecular weight is 328 g/mol. The number of benzene rings is 1. The van der Waals surface area contributed by atoms with E-state index in [1.165, 1.54) is 6.07 Å². The highest BCUT2D eigenvalue weighted by atomic mass is 19.1. The van der Waals surface area contributed by atoms with Crippen molar-refractivity contribution in [3.05, 3.63) is 29.8 Å². The van der Waals surface area contributed by atoms with Crippen LogP contribution in [0.4, 0.5) is 13.6 Å². The molecule has 2 atom stereocenters. The summed E-state index contributed by atoms with van der Waals surface area (Å²) in [7, 11) is 0. The number of urea groups is 1. The third-order valence-electron chi connectivity index (χ3n) is 4.29. The summed E-state index contributed by atoms with van der Waals surface area (Å²) in [6.45, 7) is 2.24. The third kappa shape index (κ3) is 4.54. The number of rotatable bonds is 6. The molecule has 128 valence electrons. The Bertz CT molecular complexity index is 556. The van der Waals surface area contributed by atoms with Gasteiger partial charge in [-0.05, 0) is 25.0 Å². The number of aliphatic hydroxyl groups excluding tert-OH is 1. The lowest BCUT2D eigenvalue weighted by atomic mass is 9.86. The van der Waals surface area contributed by atoms with E-state index in [-0.39, 0.29) is 43.0 Å². The van der Waals surface area contributed by atoms with Crippen LogP contribution in [0.5, 0.6) is 5.75 Å². The fraction of sp³-hybridized carbons (Fsp3) is 0.562. The van der Waals surface area contributed by atoms with Crippen molar-refractivity contribution in [3.8, 4) is 5.75 Å². The van der Waals surface area contributed by atoms with Crippen LogP contribution in [-0.2, 0) is 0 Å². The summed E-state index contributed by atoms with van der Waals surface area (Å²) < 4.78 is 31.2. The summed E-state index contributed by atoms with van der Waals surface area (Å²) in [4.78, 5) is 11.8. The molecule has 1 aromatic rings. The third-order valence-corrected chi connectivity index (χ3v) is 4.29. The number of amides is 2. The standard InChI is InChI=1S/C16H22F2N2O3/c1-16(10-21)6-2-3-14(16)20-15(22)19-7-8-23-13-5-4-11(17)9-12(13)18/h4-5,9,14,21H,2-3,6-8,10H2,1H3,(H2,19,20,22). The largest absolute Gasteiger partial charge is 0.489 e. The van der Waals surface area contributed by atoms with Gasteiger partial charge >= 0.3 is 6.03 Å². The van der Waals surface area contributed by atoms with E-state index in [0.29, 0.717) is 0 Å². The SMILES string of the molecule is CC1(CO)CCCC1NC(=O)NCCOc1ccc(F)cc1F. The minimum Gasteiger partial charge on any atom is -0.489 e. The average Bonchev–Trinajstić information content (AvgIpc) is 2.87. The summed E-state index contributed by atoms with van der Waals surface area (Å²) in [6.07, 6.45) is 2.68. The second-order valence-electron chi connectivity index (χ2n) is 6.08. The molecule has 3 N–H and O–H groups in total. The zero-order valence-corrected chi connectivity index (χ0v) is 13.1. The topological polar surface area (TPSA) is 70.6 Å². The molecule has 2 unspecified atom stereocenters. The minimum absolute atomic E-state index is 0.0326. The Balaban J connectivity index is 1.71. The first kappa shape index (κ1) is 17.5. The van der Waals surface area contributed by atoms with Crippen molar-refractivity contribution in [2.24, 2.45) is 5.41 Å². The van der Waals surface area contributed by atoms with E-state index >= 15 is 0 Å². The molecule has 0 saturated heterocycles. The van der Waals surface area contributed by atoms with Crippen molar-refractivity contribution in [3.63, 3.8) is 0 Å². The molecule has 1 aliphatic rings. The Morgan fingerprint density at radius 3 is 2.96 bits per heavy atom. The Kier molecular flexibility index (Phi) is 5.76. The van der Waals surface area contributed by atoms with Crippen molar-refractivity contribution in [1.82, 2.24) is 10.6 Å². The number of aliphatic hydroxyl groups is 1. The van der Waals surface area contributed by atoms with Crippen LogP contribution >= 0.6 is 0 Å². The number of hydrogen-bond donors (Lipinski definition) is 3. The highest BCUT2D eigenvalue weighted by Gasteiger charge is 2.39. The molecule has 1 fully saturated rings. The number of carbonyl (C=O) groups excluding carboxylic acids is 1. The molecule has 2 rings (SSSR count). The van der Waals surface area contributed by atoms with Crippen molar-refractivity contribution < 1.29 is 23.4 Å². The van der Waals surface area contributed by atoms with E-state index in [9.17, 15) is 18.7 Å². The maximum absolute atomic E-state index is 13.3. The summed E-state index contributed by atoms with van der Waals surface area (Å²) in [5, 5.41) is 14.9. The molecule has 1 aliphatic carbocycles. The lowest BCUT2D eigenvalue weighted by molar-refractivity contribution is 0.121. The number of nitrogens with one attached hydrogen (secondary N) is 2. The molecule has 1 aromatic carbocycles. The highest BCUT2D eigenvalue weighted by Crippen LogP contribution is 2.37. The maximum atomic E-state index is 13.3. The zero-order chi connectivity index (χ0) is 16.9. The monoisotopic (exact) mass is 328 g/mol. The Labute approximate surface area is 134 Å². The van der Waals surface area contributed by atoms with Gasteiger partial charge in [-0.3, -0.25) is 0 Å². The van der Waals surface area contributed by atoms with Crippen LogP contribution in [0, 0.1) is 17.0 Å². The molecular formula is C16H22F2N2O3. The van der Waals surface area contributed by atoms with Crippen LogP contribution in [0.1, 0.15) is 26.2 Å². The second-order valence-corrected chi connectivity index (χ2v) is 6.08. The number of hydrogen-bond acceptors (Lipinski definition) is 3. The van der Waals surface area contributed by atoms with Crippen molar-refractivity contribution >= 4 is 6.03 Å².